The molecule has 0 saturated carbocycles. The van der Waals surface area contributed by atoms with E-state index in [2.05, 4.69) is 15.2 Å². The minimum Gasteiger partial charge on any atom is -0.329 e. The highest BCUT2D eigenvalue weighted by Crippen LogP contribution is 2.34. The Morgan fingerprint density at radius 3 is 2.64 bits per heavy atom. The van der Waals surface area contributed by atoms with Crippen LogP contribution in [0.5, 0.6) is 0 Å². The van der Waals surface area contributed by atoms with Gasteiger partial charge in [-0.2, -0.15) is 18.2 Å². The fraction of sp³-hybridized carbons (Fsp3) is 0.118. The van der Waals surface area contributed by atoms with Gasteiger partial charge in [0.05, 0.1) is 11.1 Å². The summed E-state index contributed by atoms with van der Waals surface area (Å²) in [4.78, 5) is 6.08. The van der Waals surface area contributed by atoms with E-state index in [4.69, 9.17) is 0 Å². The van der Waals surface area contributed by atoms with Crippen LogP contribution in [0.2, 0.25) is 0 Å². The van der Waals surface area contributed by atoms with Gasteiger partial charge < -0.3 is 4.90 Å². The highest BCUT2D eigenvalue weighted by atomic mass is 19.4. The Hall–Kier alpha value is -3.16. The van der Waals surface area contributed by atoms with Crippen LogP contribution in [-0.4, -0.2) is 26.6 Å². The third kappa shape index (κ3) is 2.55. The third-order valence-electron chi connectivity index (χ3n) is 4.02. The van der Waals surface area contributed by atoms with Gasteiger partial charge in [0.1, 0.15) is 12.1 Å². The van der Waals surface area contributed by atoms with Crippen LogP contribution in [0.25, 0.3) is 16.7 Å². The molecule has 0 amide bonds. The number of aromatic nitrogens is 4. The first kappa shape index (κ1) is 15.4. The van der Waals surface area contributed by atoms with Crippen molar-refractivity contribution < 1.29 is 13.2 Å². The van der Waals surface area contributed by atoms with Gasteiger partial charge >= 0.3 is 6.18 Å². The van der Waals surface area contributed by atoms with E-state index < -0.39 is 11.7 Å². The molecule has 0 unspecified atom stereocenters. The van der Waals surface area contributed by atoms with Gasteiger partial charge in [-0.1, -0.05) is 18.2 Å². The van der Waals surface area contributed by atoms with Crippen molar-refractivity contribution in [2.45, 2.75) is 6.18 Å². The summed E-state index contributed by atoms with van der Waals surface area (Å²) in [6, 6.07) is 12.6. The lowest BCUT2D eigenvalue weighted by atomic mass is 10.1. The highest BCUT2D eigenvalue weighted by Gasteiger charge is 2.30. The lowest BCUT2D eigenvalue weighted by Crippen LogP contribution is -2.14. The Kier molecular flexibility index (Phi) is 3.34. The van der Waals surface area contributed by atoms with Gasteiger partial charge in [0, 0.05) is 18.1 Å². The van der Waals surface area contributed by atoms with E-state index in [1.54, 1.807) is 28.7 Å². The number of alkyl halides is 3. The largest absolute Gasteiger partial charge is 0.416 e. The molecule has 25 heavy (non-hydrogen) atoms. The third-order valence-corrected chi connectivity index (χ3v) is 4.02. The first-order valence-electron chi connectivity index (χ1n) is 7.44. The van der Waals surface area contributed by atoms with E-state index in [1.807, 2.05) is 24.3 Å². The molecular weight excluding hydrogens is 331 g/mol. The van der Waals surface area contributed by atoms with E-state index in [0.29, 0.717) is 17.3 Å². The Morgan fingerprint density at radius 2 is 1.84 bits per heavy atom. The van der Waals surface area contributed by atoms with Crippen molar-refractivity contribution in [1.29, 1.82) is 0 Å². The van der Waals surface area contributed by atoms with Gasteiger partial charge in [0.25, 0.3) is 5.78 Å². The molecule has 0 saturated heterocycles. The maximum Gasteiger partial charge on any atom is 0.416 e. The second-order valence-corrected chi connectivity index (χ2v) is 5.56. The highest BCUT2D eigenvalue weighted by molar-refractivity contribution is 5.93. The zero-order chi connectivity index (χ0) is 17.6. The van der Waals surface area contributed by atoms with Crippen LogP contribution in [0, 0.1) is 0 Å². The van der Waals surface area contributed by atoms with Crippen LogP contribution in [0.4, 0.5) is 24.7 Å². The molecule has 0 N–H and O–H groups in total. The summed E-state index contributed by atoms with van der Waals surface area (Å²) in [5.74, 6) is 0.892. The molecule has 5 nitrogen and oxygen atoms in total. The number of hydrogen-bond acceptors (Lipinski definition) is 4. The minimum atomic E-state index is -4.40. The zero-order valence-corrected chi connectivity index (χ0v) is 13.1. The number of halogens is 3. The first-order chi connectivity index (χ1) is 11.9. The van der Waals surface area contributed by atoms with Crippen molar-refractivity contribution in [3.8, 4) is 0 Å². The summed E-state index contributed by atoms with van der Waals surface area (Å²) < 4.78 is 40.7. The standard InChI is InChI=1S/C17H12F3N5/c1-24(12-6-4-5-11(9-12)17(18,19)20)15-13-7-2-3-8-14(13)25-10-21-23-16(25)22-15/h2-10H,1H3. The van der Waals surface area contributed by atoms with Gasteiger partial charge in [-0.05, 0) is 30.3 Å². The smallest absolute Gasteiger partial charge is 0.329 e. The van der Waals surface area contributed by atoms with Crippen molar-refractivity contribution >= 4 is 28.2 Å². The van der Waals surface area contributed by atoms with Crippen molar-refractivity contribution in [2.75, 3.05) is 11.9 Å². The van der Waals surface area contributed by atoms with E-state index in [0.717, 1.165) is 23.0 Å². The van der Waals surface area contributed by atoms with E-state index in [9.17, 15) is 13.2 Å². The van der Waals surface area contributed by atoms with Crippen molar-refractivity contribution in [1.82, 2.24) is 19.6 Å². The SMILES string of the molecule is CN(c1cccc(C(F)(F)F)c1)c1nc2nncn2c2ccccc12. The lowest BCUT2D eigenvalue weighted by Gasteiger charge is -2.21. The second kappa shape index (κ2) is 5.44. The van der Waals surface area contributed by atoms with Crippen LogP contribution >= 0.6 is 0 Å². The molecule has 4 aromatic rings. The Labute approximate surface area is 140 Å². The number of anilines is 2. The number of rotatable bonds is 2. The summed E-state index contributed by atoms with van der Waals surface area (Å²) in [6.07, 6.45) is -2.85. The molecule has 2 aromatic carbocycles. The van der Waals surface area contributed by atoms with Gasteiger partial charge in [-0.25, -0.2) is 0 Å². The second-order valence-electron chi connectivity index (χ2n) is 5.56. The molecule has 0 aliphatic heterocycles. The van der Waals surface area contributed by atoms with E-state index >= 15 is 0 Å². The fourth-order valence-corrected chi connectivity index (χ4v) is 2.77. The zero-order valence-electron chi connectivity index (χ0n) is 13.1. The van der Waals surface area contributed by atoms with Crippen LogP contribution < -0.4 is 4.90 Å². The fourth-order valence-electron chi connectivity index (χ4n) is 2.77. The van der Waals surface area contributed by atoms with Crippen LogP contribution in [0.15, 0.2) is 54.9 Å². The van der Waals surface area contributed by atoms with Crippen LogP contribution in [-0.2, 0) is 6.18 Å². The minimum absolute atomic E-state index is 0.382. The summed E-state index contributed by atoms with van der Waals surface area (Å²) in [7, 11) is 1.68. The van der Waals surface area contributed by atoms with Crippen molar-refractivity contribution in [3.05, 3.63) is 60.4 Å². The molecule has 0 radical (unpaired) electrons. The number of nitrogens with zero attached hydrogens (tertiary/aromatic N) is 5. The predicted molar refractivity (Wildman–Crippen MR) is 87.8 cm³/mol. The maximum atomic E-state index is 13.0. The Balaban J connectivity index is 1.91. The average Bonchev–Trinajstić information content (AvgIpc) is 3.08. The molecule has 0 spiro atoms. The normalized spacial score (nSPS) is 12.0. The summed E-state index contributed by atoms with van der Waals surface area (Å²) in [6.45, 7) is 0. The maximum absolute atomic E-state index is 13.0. The molecule has 0 aliphatic rings. The van der Waals surface area contributed by atoms with Crippen molar-refractivity contribution in [2.24, 2.45) is 0 Å². The average molecular weight is 343 g/mol. The monoisotopic (exact) mass is 343 g/mol. The molecule has 8 heteroatoms. The molecule has 0 fully saturated rings. The lowest BCUT2D eigenvalue weighted by molar-refractivity contribution is -0.137. The van der Waals surface area contributed by atoms with E-state index in [1.165, 1.54) is 6.07 Å². The summed E-state index contributed by atoms with van der Waals surface area (Å²) in [5.41, 5.74) is 0.507. The van der Waals surface area contributed by atoms with Crippen molar-refractivity contribution in [3.63, 3.8) is 0 Å². The summed E-state index contributed by atoms with van der Waals surface area (Å²) >= 11 is 0. The van der Waals surface area contributed by atoms with Crippen LogP contribution in [0.1, 0.15) is 5.56 Å². The van der Waals surface area contributed by atoms with Crippen LogP contribution in [0.3, 0.4) is 0 Å². The molecule has 4 rings (SSSR count). The Bertz CT molecular complexity index is 1070. The van der Waals surface area contributed by atoms with Gasteiger partial charge in [-0.3, -0.25) is 4.40 Å². The number of hydrogen-bond donors (Lipinski definition) is 0. The number of fused-ring (bicyclic) bond motifs is 3. The molecule has 126 valence electrons. The molecular formula is C17H12F3N5. The number of benzene rings is 2. The molecule has 2 aromatic heterocycles. The Morgan fingerprint density at radius 1 is 1.04 bits per heavy atom. The van der Waals surface area contributed by atoms with Gasteiger partial charge in [0.15, 0.2) is 0 Å². The topological polar surface area (TPSA) is 46.3 Å². The van der Waals surface area contributed by atoms with Gasteiger partial charge in [-0.15, -0.1) is 10.2 Å². The summed E-state index contributed by atoms with van der Waals surface area (Å²) in [5, 5.41) is 8.60. The van der Waals surface area contributed by atoms with E-state index in [-0.39, 0.29) is 0 Å². The molecule has 0 bridgehead atoms. The predicted octanol–water partition coefficient (Wildman–Crippen LogP) is 4.06. The first-order valence-corrected chi connectivity index (χ1v) is 7.44. The molecule has 0 aliphatic carbocycles. The molecule has 2 heterocycles. The quantitative estimate of drug-likeness (QED) is 0.551. The number of para-hydroxylation sites is 1. The molecule has 0 atom stereocenters. The van der Waals surface area contributed by atoms with Gasteiger partial charge in [0.2, 0.25) is 0 Å².